The second kappa shape index (κ2) is 13.0. The number of imide groups is 1. The molecule has 2 aliphatic rings. The predicted molar refractivity (Wildman–Crippen MR) is 119 cm³/mol. The number of rotatable bonds is 12. The maximum absolute atomic E-state index is 12.1. The van der Waals surface area contributed by atoms with Gasteiger partial charge in [-0.15, -0.1) is 0 Å². The Hall–Kier alpha value is -1.45. The van der Waals surface area contributed by atoms with Crippen molar-refractivity contribution in [1.29, 1.82) is 0 Å². The van der Waals surface area contributed by atoms with E-state index in [2.05, 4.69) is 27.9 Å². The molecule has 2 heterocycles. The van der Waals surface area contributed by atoms with Gasteiger partial charge < -0.3 is 10.2 Å². The minimum Gasteiger partial charge on any atom is -0.356 e. The lowest BCUT2D eigenvalue weighted by atomic mass is 10.1. The van der Waals surface area contributed by atoms with E-state index in [4.69, 9.17) is 0 Å². The highest BCUT2D eigenvalue weighted by Gasteiger charge is 2.22. The van der Waals surface area contributed by atoms with Crippen LogP contribution in [-0.2, 0) is 19.2 Å². The van der Waals surface area contributed by atoms with Gasteiger partial charge >= 0.3 is 0 Å². The molecule has 0 aromatic carbocycles. The zero-order valence-electron chi connectivity index (χ0n) is 17.0. The highest BCUT2D eigenvalue weighted by Crippen LogP contribution is 2.19. The van der Waals surface area contributed by atoms with Gasteiger partial charge in [-0.25, -0.2) is 0 Å². The first-order valence-corrected chi connectivity index (χ1v) is 11.9. The van der Waals surface area contributed by atoms with E-state index in [9.17, 15) is 19.2 Å². The highest BCUT2D eigenvalue weighted by molar-refractivity contribution is 14.1. The Morgan fingerprint density at radius 1 is 0.931 bits per heavy atom. The van der Waals surface area contributed by atoms with Crippen LogP contribution < -0.4 is 5.32 Å². The van der Waals surface area contributed by atoms with E-state index in [0.717, 1.165) is 64.5 Å². The summed E-state index contributed by atoms with van der Waals surface area (Å²) >= 11 is 2.46. The van der Waals surface area contributed by atoms with Crippen molar-refractivity contribution < 1.29 is 19.2 Å². The van der Waals surface area contributed by atoms with Crippen LogP contribution in [0.2, 0.25) is 0 Å². The molecule has 2 rings (SSSR count). The lowest BCUT2D eigenvalue weighted by Crippen LogP contribution is -2.38. The Bertz CT molecular complexity index is 597. The Kier molecular flexibility index (Phi) is 10.7. The van der Waals surface area contributed by atoms with Gasteiger partial charge in [0.15, 0.2) is 0 Å². The summed E-state index contributed by atoms with van der Waals surface area (Å²) in [5.41, 5.74) is 0. The van der Waals surface area contributed by atoms with Crippen LogP contribution >= 0.6 is 22.6 Å². The monoisotopic (exact) mass is 517 g/mol. The molecule has 0 atom stereocenters. The van der Waals surface area contributed by atoms with Crippen LogP contribution in [0.4, 0.5) is 0 Å². The second-order valence-corrected chi connectivity index (χ2v) is 9.45. The van der Waals surface area contributed by atoms with Gasteiger partial charge in [0.25, 0.3) is 11.8 Å². The van der Waals surface area contributed by atoms with Gasteiger partial charge in [0.2, 0.25) is 11.8 Å². The van der Waals surface area contributed by atoms with Crippen molar-refractivity contribution in [2.24, 2.45) is 0 Å². The zero-order valence-corrected chi connectivity index (χ0v) is 19.2. The number of piperidine rings is 1. The summed E-state index contributed by atoms with van der Waals surface area (Å²) in [6.07, 6.45) is 10.8. The lowest BCUT2D eigenvalue weighted by molar-refractivity contribution is -0.137. The van der Waals surface area contributed by atoms with Gasteiger partial charge in [0.1, 0.15) is 0 Å². The lowest BCUT2D eigenvalue weighted by Gasteiger charge is -2.29. The number of unbranched alkanes of at least 4 members (excludes halogenated alkanes) is 4. The summed E-state index contributed by atoms with van der Waals surface area (Å²) in [5, 5.41) is 2.92. The topological polar surface area (TPSA) is 86.8 Å². The number of nitrogens with one attached hydrogen (secondary N) is 1. The van der Waals surface area contributed by atoms with Crippen LogP contribution in [0.15, 0.2) is 12.2 Å². The standard InChI is InChI=1S/C21H32IN3O4/c22-17-11-15-24(16-12-17)19(27)8-4-1-5-13-23-18(26)7-3-2-6-14-25-20(28)9-10-21(25)29/h9-10,17H,1-8,11-16H2,(H,23,26). The Morgan fingerprint density at radius 2 is 1.55 bits per heavy atom. The molecule has 0 radical (unpaired) electrons. The van der Waals surface area contributed by atoms with Crippen LogP contribution in [0.1, 0.15) is 64.2 Å². The van der Waals surface area contributed by atoms with E-state index in [-0.39, 0.29) is 23.6 Å². The van der Waals surface area contributed by atoms with Gasteiger partial charge in [0, 0.05) is 55.1 Å². The largest absolute Gasteiger partial charge is 0.356 e. The molecule has 162 valence electrons. The number of hydrogen-bond acceptors (Lipinski definition) is 4. The summed E-state index contributed by atoms with van der Waals surface area (Å²) < 4.78 is 0.705. The third-order valence-electron chi connectivity index (χ3n) is 5.35. The smallest absolute Gasteiger partial charge is 0.253 e. The van der Waals surface area contributed by atoms with Crippen molar-refractivity contribution >= 4 is 46.2 Å². The predicted octanol–water partition coefficient (Wildman–Crippen LogP) is 2.57. The molecular weight excluding hydrogens is 485 g/mol. The fourth-order valence-electron chi connectivity index (χ4n) is 3.53. The van der Waals surface area contributed by atoms with Crippen molar-refractivity contribution in [3.63, 3.8) is 0 Å². The Morgan fingerprint density at radius 3 is 2.24 bits per heavy atom. The number of alkyl halides is 1. The zero-order chi connectivity index (χ0) is 21.1. The molecule has 0 aromatic rings. The molecule has 0 aromatic heterocycles. The number of hydrogen-bond donors (Lipinski definition) is 1. The summed E-state index contributed by atoms with van der Waals surface area (Å²) in [6.45, 7) is 2.85. The molecular formula is C21H32IN3O4. The molecule has 1 fully saturated rings. The van der Waals surface area contributed by atoms with Crippen molar-refractivity contribution in [2.45, 2.75) is 68.1 Å². The molecule has 1 N–H and O–H groups in total. The Labute approximate surface area is 186 Å². The van der Waals surface area contributed by atoms with Crippen LogP contribution in [0.3, 0.4) is 0 Å². The molecule has 8 heteroatoms. The molecule has 0 bridgehead atoms. The van der Waals surface area contributed by atoms with Crippen LogP contribution in [0.5, 0.6) is 0 Å². The molecule has 0 saturated carbocycles. The number of halogens is 1. The highest BCUT2D eigenvalue weighted by atomic mass is 127. The number of carbonyl (C=O) groups excluding carboxylic acids is 4. The second-order valence-electron chi connectivity index (χ2n) is 7.69. The van der Waals surface area contributed by atoms with E-state index in [1.165, 1.54) is 17.1 Å². The SMILES string of the molecule is O=C(CCCCCN1C(=O)C=CC1=O)NCCCCCC(=O)N1CCC(I)CC1. The van der Waals surface area contributed by atoms with Crippen LogP contribution in [-0.4, -0.2) is 63.5 Å². The fourth-order valence-corrected chi connectivity index (χ4v) is 4.09. The summed E-state index contributed by atoms with van der Waals surface area (Å²) in [5.74, 6) is -0.192. The average molecular weight is 517 g/mol. The quantitative estimate of drug-likeness (QED) is 0.187. The third-order valence-corrected chi connectivity index (χ3v) is 6.60. The normalized spacial score (nSPS) is 17.3. The van der Waals surface area contributed by atoms with E-state index >= 15 is 0 Å². The van der Waals surface area contributed by atoms with E-state index in [0.29, 0.717) is 29.9 Å². The van der Waals surface area contributed by atoms with E-state index in [1.54, 1.807) is 0 Å². The summed E-state index contributed by atoms with van der Waals surface area (Å²) in [6, 6.07) is 0. The van der Waals surface area contributed by atoms with Gasteiger partial charge in [-0.05, 0) is 38.5 Å². The summed E-state index contributed by atoms with van der Waals surface area (Å²) in [4.78, 5) is 50.0. The van der Waals surface area contributed by atoms with E-state index < -0.39 is 0 Å². The maximum atomic E-state index is 12.1. The average Bonchev–Trinajstić information content (AvgIpc) is 3.02. The van der Waals surface area contributed by atoms with Gasteiger partial charge in [-0.2, -0.15) is 0 Å². The molecule has 2 aliphatic heterocycles. The molecule has 29 heavy (non-hydrogen) atoms. The molecule has 7 nitrogen and oxygen atoms in total. The van der Waals surface area contributed by atoms with Gasteiger partial charge in [0.05, 0.1) is 0 Å². The number of likely N-dealkylation sites (tertiary alicyclic amines) is 1. The number of carbonyl (C=O) groups is 4. The molecule has 0 unspecified atom stereocenters. The molecule has 0 aliphatic carbocycles. The van der Waals surface area contributed by atoms with Crippen molar-refractivity contribution in [3.8, 4) is 0 Å². The van der Waals surface area contributed by atoms with Crippen molar-refractivity contribution in [3.05, 3.63) is 12.2 Å². The van der Waals surface area contributed by atoms with Crippen LogP contribution in [0.25, 0.3) is 0 Å². The number of nitrogens with zero attached hydrogens (tertiary/aromatic N) is 2. The van der Waals surface area contributed by atoms with Crippen molar-refractivity contribution in [2.75, 3.05) is 26.2 Å². The summed E-state index contributed by atoms with van der Waals surface area (Å²) in [7, 11) is 0. The first kappa shape index (κ1) is 23.8. The first-order valence-electron chi connectivity index (χ1n) is 10.7. The minimum atomic E-state index is -0.250. The fraction of sp³-hybridized carbons (Fsp3) is 0.714. The minimum absolute atomic E-state index is 0.0396. The maximum Gasteiger partial charge on any atom is 0.253 e. The van der Waals surface area contributed by atoms with E-state index in [1.807, 2.05) is 4.90 Å². The Balaban J connectivity index is 1.39. The van der Waals surface area contributed by atoms with Gasteiger partial charge in [-0.3, -0.25) is 24.1 Å². The first-order chi connectivity index (χ1) is 14.0. The molecule has 4 amide bonds. The van der Waals surface area contributed by atoms with Crippen molar-refractivity contribution in [1.82, 2.24) is 15.1 Å². The molecule has 1 saturated heterocycles. The van der Waals surface area contributed by atoms with Crippen LogP contribution in [0, 0.1) is 0 Å². The number of amides is 4. The third kappa shape index (κ3) is 8.84. The van der Waals surface area contributed by atoms with Gasteiger partial charge in [-0.1, -0.05) is 35.4 Å². The molecule has 0 spiro atoms.